The summed E-state index contributed by atoms with van der Waals surface area (Å²) < 4.78 is 22.2. The molecule has 0 aromatic heterocycles. The summed E-state index contributed by atoms with van der Waals surface area (Å²) in [7, 11) is 9.64. The third-order valence-electron chi connectivity index (χ3n) is 5.60. The number of amides is 1. The zero-order valence-corrected chi connectivity index (χ0v) is 20.5. The summed E-state index contributed by atoms with van der Waals surface area (Å²) in [6.07, 6.45) is 1.03. The van der Waals surface area contributed by atoms with Crippen molar-refractivity contribution in [1.29, 1.82) is 0 Å². The van der Waals surface area contributed by atoms with Gasteiger partial charge in [0, 0.05) is 5.56 Å². The highest BCUT2D eigenvalue weighted by Gasteiger charge is 2.32. The van der Waals surface area contributed by atoms with Crippen molar-refractivity contribution < 1.29 is 23.7 Å². The van der Waals surface area contributed by atoms with Crippen LogP contribution in [0, 0.1) is 0 Å². The number of carbonyl (C=O) groups excluding carboxylic acids is 1. The highest BCUT2D eigenvalue weighted by Crippen LogP contribution is 2.54. The van der Waals surface area contributed by atoms with E-state index >= 15 is 0 Å². The van der Waals surface area contributed by atoms with Crippen LogP contribution in [0.3, 0.4) is 0 Å². The highest BCUT2D eigenvalue weighted by atomic mass is 35.5. The third-order valence-corrected chi connectivity index (χ3v) is 6.00. The third kappa shape index (κ3) is 4.72. The van der Waals surface area contributed by atoms with Crippen LogP contribution >= 0.6 is 11.6 Å². The van der Waals surface area contributed by atoms with Gasteiger partial charge in [0.25, 0.3) is 0 Å². The number of nitrogens with zero attached hydrogens (tertiary/aromatic N) is 1. The molecule has 1 amide bonds. The first-order valence-electron chi connectivity index (χ1n) is 10.4. The minimum absolute atomic E-state index is 0.152. The molecule has 0 bridgehead atoms. The number of fused-ring (bicyclic) bond motifs is 3. The SMILES string of the molecule is COc1c(Cl)c2c(c(OC)c1OC)-c1ccc(OC)c(=O)cc1[C@@H](NC(=O)CN(C)C)CC2. The monoisotopic (exact) mass is 476 g/mol. The molecule has 8 nitrogen and oxygen atoms in total. The number of hydrogen-bond acceptors (Lipinski definition) is 7. The van der Waals surface area contributed by atoms with E-state index in [-0.39, 0.29) is 23.6 Å². The molecular formula is C24H29ClN2O6. The second kappa shape index (κ2) is 10.3. The number of benzene rings is 1. The van der Waals surface area contributed by atoms with Gasteiger partial charge < -0.3 is 29.2 Å². The molecule has 1 aliphatic rings. The first-order chi connectivity index (χ1) is 15.8. The van der Waals surface area contributed by atoms with Crippen LogP contribution in [0.1, 0.15) is 23.6 Å². The number of ether oxygens (including phenoxy) is 4. The Morgan fingerprint density at radius 1 is 1.06 bits per heavy atom. The molecule has 0 heterocycles. The van der Waals surface area contributed by atoms with E-state index in [0.29, 0.717) is 51.8 Å². The summed E-state index contributed by atoms with van der Waals surface area (Å²) in [4.78, 5) is 27.3. The lowest BCUT2D eigenvalue weighted by Gasteiger charge is -2.21. The van der Waals surface area contributed by atoms with Crippen LogP contribution < -0.4 is 29.7 Å². The van der Waals surface area contributed by atoms with Gasteiger partial charge in [0.15, 0.2) is 17.2 Å². The normalized spacial score (nSPS) is 14.6. The Bertz CT molecular complexity index is 1120. The average molecular weight is 477 g/mol. The molecule has 1 N–H and O–H groups in total. The predicted molar refractivity (Wildman–Crippen MR) is 127 cm³/mol. The number of hydrogen-bond donors (Lipinski definition) is 1. The summed E-state index contributed by atoms with van der Waals surface area (Å²) in [5, 5.41) is 3.47. The molecule has 2 aromatic carbocycles. The largest absolute Gasteiger partial charge is 0.493 e. The first kappa shape index (κ1) is 24.7. The van der Waals surface area contributed by atoms with E-state index in [2.05, 4.69) is 5.32 Å². The van der Waals surface area contributed by atoms with Crippen LogP contribution in [-0.2, 0) is 11.2 Å². The van der Waals surface area contributed by atoms with E-state index in [1.165, 1.54) is 34.5 Å². The highest BCUT2D eigenvalue weighted by molar-refractivity contribution is 6.34. The van der Waals surface area contributed by atoms with E-state index in [1.807, 2.05) is 14.1 Å². The maximum atomic E-state index is 12.9. The summed E-state index contributed by atoms with van der Waals surface area (Å²) in [5.74, 6) is 1.20. The van der Waals surface area contributed by atoms with Gasteiger partial charge in [-0.05, 0) is 55.8 Å². The van der Waals surface area contributed by atoms with Crippen molar-refractivity contribution >= 4 is 17.5 Å². The molecule has 0 unspecified atom stereocenters. The maximum Gasteiger partial charge on any atom is 0.234 e. The fourth-order valence-corrected chi connectivity index (χ4v) is 4.57. The van der Waals surface area contributed by atoms with Crippen LogP contribution in [0.25, 0.3) is 11.1 Å². The zero-order valence-electron chi connectivity index (χ0n) is 19.7. The molecule has 9 heteroatoms. The fraction of sp³-hybridized carbons (Fsp3) is 0.417. The number of halogens is 1. The number of rotatable bonds is 7. The molecule has 1 aliphatic carbocycles. The Labute approximate surface area is 198 Å². The summed E-state index contributed by atoms with van der Waals surface area (Å²) in [6, 6.07) is 4.48. The molecule has 0 radical (unpaired) electrons. The van der Waals surface area contributed by atoms with Gasteiger partial charge in [-0.15, -0.1) is 0 Å². The van der Waals surface area contributed by atoms with Crippen LogP contribution in [0.15, 0.2) is 23.0 Å². The van der Waals surface area contributed by atoms with Gasteiger partial charge in [-0.2, -0.15) is 0 Å². The number of likely N-dealkylation sites (N-methyl/N-ethyl adjacent to an activating group) is 1. The molecule has 33 heavy (non-hydrogen) atoms. The molecule has 3 rings (SSSR count). The van der Waals surface area contributed by atoms with Crippen molar-refractivity contribution in [3.63, 3.8) is 0 Å². The average Bonchev–Trinajstić information content (AvgIpc) is 3.02. The minimum atomic E-state index is -0.428. The van der Waals surface area contributed by atoms with Crippen molar-refractivity contribution in [3.8, 4) is 34.1 Å². The molecule has 2 aromatic rings. The summed E-state index contributed by atoms with van der Waals surface area (Å²) >= 11 is 6.78. The van der Waals surface area contributed by atoms with E-state index in [4.69, 9.17) is 30.5 Å². The Morgan fingerprint density at radius 3 is 2.30 bits per heavy atom. The second-order valence-corrected chi connectivity index (χ2v) is 8.32. The molecule has 0 saturated carbocycles. The molecule has 0 fully saturated rings. The lowest BCUT2D eigenvalue weighted by atomic mass is 9.95. The number of nitrogens with one attached hydrogen (secondary N) is 1. The quantitative estimate of drug-likeness (QED) is 0.657. The van der Waals surface area contributed by atoms with E-state index in [0.717, 1.165) is 5.56 Å². The topological polar surface area (TPSA) is 86.3 Å². The van der Waals surface area contributed by atoms with Crippen LogP contribution in [0.5, 0.6) is 23.0 Å². The van der Waals surface area contributed by atoms with Gasteiger partial charge >= 0.3 is 0 Å². The fourth-order valence-electron chi connectivity index (χ4n) is 4.22. The van der Waals surface area contributed by atoms with E-state index in [9.17, 15) is 9.59 Å². The van der Waals surface area contributed by atoms with Crippen molar-refractivity contribution in [2.45, 2.75) is 18.9 Å². The van der Waals surface area contributed by atoms with Gasteiger partial charge in [0.05, 0.1) is 46.0 Å². The van der Waals surface area contributed by atoms with Gasteiger partial charge in [0.2, 0.25) is 17.1 Å². The summed E-state index contributed by atoms with van der Waals surface area (Å²) in [5.41, 5.74) is 2.53. The van der Waals surface area contributed by atoms with Crippen molar-refractivity contribution in [3.05, 3.63) is 44.6 Å². The van der Waals surface area contributed by atoms with Gasteiger partial charge in [-0.3, -0.25) is 9.59 Å². The lowest BCUT2D eigenvalue weighted by Crippen LogP contribution is -2.36. The summed E-state index contributed by atoms with van der Waals surface area (Å²) in [6.45, 7) is 0.219. The van der Waals surface area contributed by atoms with Gasteiger partial charge in [-0.1, -0.05) is 17.7 Å². The predicted octanol–water partition coefficient (Wildman–Crippen LogP) is 3.07. The van der Waals surface area contributed by atoms with Crippen molar-refractivity contribution in [1.82, 2.24) is 10.2 Å². The Balaban J connectivity index is 2.36. The zero-order chi connectivity index (χ0) is 24.3. The van der Waals surface area contributed by atoms with Crippen molar-refractivity contribution in [2.24, 2.45) is 0 Å². The lowest BCUT2D eigenvalue weighted by molar-refractivity contribution is -0.122. The number of methoxy groups -OCH3 is 4. The number of carbonyl (C=O) groups is 1. The smallest absolute Gasteiger partial charge is 0.234 e. The molecule has 0 spiro atoms. The van der Waals surface area contributed by atoms with Crippen LogP contribution in [-0.4, -0.2) is 59.9 Å². The Kier molecular flexibility index (Phi) is 7.71. The maximum absolute atomic E-state index is 12.9. The molecule has 178 valence electrons. The van der Waals surface area contributed by atoms with E-state index < -0.39 is 6.04 Å². The van der Waals surface area contributed by atoms with Gasteiger partial charge in [0.1, 0.15) is 0 Å². The molecular weight excluding hydrogens is 448 g/mol. The standard InChI is InChI=1S/C24H29ClN2O6/c1-27(2)12-19(29)26-16-9-7-14-20(13-8-10-18(30-3)17(28)11-15(13)16)22(31-4)24(33-6)23(32-5)21(14)25/h8,10-11,16H,7,9,12H2,1-6H3,(H,26,29)/t16-/m0/s1. The van der Waals surface area contributed by atoms with Crippen LogP contribution in [0.2, 0.25) is 5.02 Å². The molecule has 0 saturated heterocycles. The van der Waals surface area contributed by atoms with E-state index in [1.54, 1.807) is 17.0 Å². The first-order valence-corrected chi connectivity index (χ1v) is 10.8. The van der Waals surface area contributed by atoms with Crippen LogP contribution in [0.4, 0.5) is 0 Å². The minimum Gasteiger partial charge on any atom is -0.493 e. The van der Waals surface area contributed by atoms with Crippen molar-refractivity contribution in [2.75, 3.05) is 49.1 Å². The second-order valence-electron chi connectivity index (χ2n) is 7.94. The Morgan fingerprint density at radius 2 is 1.73 bits per heavy atom. The Hall–Kier alpha value is -2.97. The van der Waals surface area contributed by atoms with Gasteiger partial charge in [-0.25, -0.2) is 0 Å². The molecule has 1 atom stereocenters. The molecule has 0 aliphatic heterocycles.